The maximum Gasteiger partial charge on any atom is 0.313 e. The number of carboxylic acids is 1. The van der Waals surface area contributed by atoms with Crippen LogP contribution in [0.4, 0.5) is 0 Å². The van der Waals surface area contributed by atoms with Crippen molar-refractivity contribution >= 4 is 56.6 Å². The smallest absolute Gasteiger partial charge is 0.313 e. The number of hydrogen-bond donors (Lipinski definition) is 1. The average Bonchev–Trinajstić information content (AvgIpc) is 2.79. The van der Waals surface area contributed by atoms with Gasteiger partial charge in [0, 0.05) is 22.5 Å². The number of nitrogens with zero attached hydrogens (tertiary/aromatic N) is 3. The van der Waals surface area contributed by atoms with E-state index in [0.717, 1.165) is 33.0 Å². The number of halogens is 1. The van der Waals surface area contributed by atoms with Crippen molar-refractivity contribution in [1.82, 2.24) is 14.5 Å². The average molecular weight is 390 g/mol. The normalized spacial score (nSPS) is 12.7. The topological polar surface area (TPSA) is 68.0 Å². The summed E-state index contributed by atoms with van der Waals surface area (Å²) >= 11 is 6.41. The third-order valence-electron chi connectivity index (χ3n) is 2.98. The Morgan fingerprint density at radius 2 is 2.33 bits per heavy atom. The number of hydrogen-bond acceptors (Lipinski definition) is 5. The van der Waals surface area contributed by atoms with E-state index < -0.39 is 5.97 Å². The molecule has 114 valence electrons. The number of pyridine rings is 1. The molecule has 0 amide bonds. The van der Waals surface area contributed by atoms with E-state index in [4.69, 9.17) is 5.11 Å². The molecule has 8 heteroatoms. The van der Waals surface area contributed by atoms with Crippen molar-refractivity contribution in [3.05, 3.63) is 16.7 Å². The largest absolute Gasteiger partial charge is 0.481 e. The number of rotatable bonds is 7. The molecule has 0 aliphatic carbocycles. The summed E-state index contributed by atoms with van der Waals surface area (Å²) in [7, 11) is 0. The van der Waals surface area contributed by atoms with E-state index in [1.54, 1.807) is 18.0 Å². The predicted octanol–water partition coefficient (Wildman–Crippen LogP) is 3.68. The van der Waals surface area contributed by atoms with Crippen LogP contribution in [0.2, 0.25) is 0 Å². The summed E-state index contributed by atoms with van der Waals surface area (Å²) in [6, 6.07) is 2.17. The standard InChI is InChI=1S/C13H16BrN3O2S2/c1-3-9(6-20-2)17-12-10(4-8(14)5-15-12)16-13(17)21-7-11(18)19/h4-5,9H,3,6-7H2,1-2H3,(H,18,19). The van der Waals surface area contributed by atoms with Crippen molar-refractivity contribution in [2.24, 2.45) is 0 Å². The third-order valence-corrected chi connectivity index (χ3v) is 5.07. The van der Waals surface area contributed by atoms with Gasteiger partial charge in [0.05, 0.1) is 5.75 Å². The highest BCUT2D eigenvalue weighted by Gasteiger charge is 2.20. The van der Waals surface area contributed by atoms with Gasteiger partial charge in [0.15, 0.2) is 10.8 Å². The van der Waals surface area contributed by atoms with Crippen LogP contribution in [0.25, 0.3) is 11.2 Å². The second kappa shape index (κ2) is 7.51. The summed E-state index contributed by atoms with van der Waals surface area (Å²) in [5, 5.41) is 9.62. The van der Waals surface area contributed by atoms with Gasteiger partial charge in [-0.3, -0.25) is 9.36 Å². The van der Waals surface area contributed by atoms with Crippen LogP contribution in [-0.2, 0) is 4.79 Å². The summed E-state index contributed by atoms with van der Waals surface area (Å²) < 4.78 is 2.94. The molecule has 0 aromatic carbocycles. The zero-order valence-corrected chi connectivity index (χ0v) is 15.0. The summed E-state index contributed by atoms with van der Waals surface area (Å²) in [4.78, 5) is 19.9. The lowest BCUT2D eigenvalue weighted by Crippen LogP contribution is -2.13. The molecule has 21 heavy (non-hydrogen) atoms. The Labute approximate surface area is 140 Å². The fraction of sp³-hybridized carbons (Fsp3) is 0.462. The molecule has 1 atom stereocenters. The minimum atomic E-state index is -0.842. The van der Waals surface area contributed by atoms with Crippen LogP contribution in [0.15, 0.2) is 21.9 Å². The monoisotopic (exact) mass is 389 g/mol. The number of carboxylic acid groups (broad SMARTS) is 1. The summed E-state index contributed by atoms with van der Waals surface area (Å²) in [5.74, 6) is 0.103. The number of carbonyl (C=O) groups is 1. The molecule has 1 N–H and O–H groups in total. The van der Waals surface area contributed by atoms with E-state index in [2.05, 4.69) is 43.6 Å². The van der Waals surface area contributed by atoms with Crippen molar-refractivity contribution in [3.8, 4) is 0 Å². The van der Waals surface area contributed by atoms with Crippen LogP contribution >= 0.6 is 39.5 Å². The molecule has 2 aromatic rings. The van der Waals surface area contributed by atoms with Gasteiger partial charge in [0.25, 0.3) is 0 Å². The van der Waals surface area contributed by atoms with Gasteiger partial charge in [-0.05, 0) is 34.7 Å². The second-order valence-corrected chi connectivity index (χ2v) is 7.23. The van der Waals surface area contributed by atoms with E-state index in [9.17, 15) is 4.79 Å². The molecule has 0 radical (unpaired) electrons. The van der Waals surface area contributed by atoms with Crippen LogP contribution in [0.3, 0.4) is 0 Å². The number of thioether (sulfide) groups is 2. The molecule has 0 saturated carbocycles. The molecule has 2 rings (SSSR count). The van der Waals surface area contributed by atoms with Crippen LogP contribution in [0.1, 0.15) is 19.4 Å². The van der Waals surface area contributed by atoms with Crippen molar-refractivity contribution in [3.63, 3.8) is 0 Å². The quantitative estimate of drug-likeness (QED) is 0.728. The molecule has 0 aliphatic rings. The van der Waals surface area contributed by atoms with E-state index in [-0.39, 0.29) is 11.8 Å². The molecule has 0 aliphatic heterocycles. The zero-order valence-electron chi connectivity index (χ0n) is 11.7. The molecule has 5 nitrogen and oxygen atoms in total. The molecule has 0 bridgehead atoms. The second-order valence-electron chi connectivity index (χ2n) is 4.46. The van der Waals surface area contributed by atoms with E-state index in [1.165, 1.54) is 11.8 Å². The Balaban J connectivity index is 2.50. The van der Waals surface area contributed by atoms with Crippen molar-refractivity contribution in [2.75, 3.05) is 17.8 Å². The third kappa shape index (κ3) is 3.92. The van der Waals surface area contributed by atoms with Crippen LogP contribution < -0.4 is 0 Å². The lowest BCUT2D eigenvalue weighted by atomic mass is 10.2. The molecular weight excluding hydrogens is 374 g/mol. The molecule has 0 fully saturated rings. The molecule has 1 unspecified atom stereocenters. The minimum absolute atomic E-state index is 0.000192. The fourth-order valence-corrected chi connectivity index (χ4v) is 3.94. The number of fused-ring (bicyclic) bond motifs is 1. The SMILES string of the molecule is CCC(CSC)n1c(SCC(=O)O)nc2cc(Br)cnc21. The Bertz CT molecular complexity index is 648. The summed E-state index contributed by atoms with van der Waals surface area (Å²) in [6.45, 7) is 2.12. The maximum absolute atomic E-state index is 10.8. The molecular formula is C13H16BrN3O2S2. The summed E-state index contributed by atoms with van der Waals surface area (Å²) in [5.41, 5.74) is 1.60. The first-order chi connectivity index (χ1) is 10.1. The lowest BCUT2D eigenvalue weighted by Gasteiger charge is -2.18. The first-order valence-electron chi connectivity index (χ1n) is 6.43. The minimum Gasteiger partial charge on any atom is -0.481 e. The number of imidazole rings is 1. The van der Waals surface area contributed by atoms with Gasteiger partial charge >= 0.3 is 5.97 Å². The first kappa shape index (κ1) is 16.6. The van der Waals surface area contributed by atoms with Crippen molar-refractivity contribution < 1.29 is 9.90 Å². The van der Waals surface area contributed by atoms with E-state index in [1.807, 2.05) is 6.07 Å². The van der Waals surface area contributed by atoms with Gasteiger partial charge in [0.2, 0.25) is 0 Å². The van der Waals surface area contributed by atoms with Gasteiger partial charge < -0.3 is 5.11 Å². The van der Waals surface area contributed by atoms with Gasteiger partial charge in [-0.1, -0.05) is 18.7 Å². The Hall–Kier alpha value is -0.730. The highest BCUT2D eigenvalue weighted by molar-refractivity contribution is 9.10. The Kier molecular flexibility index (Phi) is 5.95. The molecule has 2 aromatic heterocycles. The van der Waals surface area contributed by atoms with Gasteiger partial charge in [-0.15, -0.1) is 0 Å². The van der Waals surface area contributed by atoms with Crippen LogP contribution in [0.5, 0.6) is 0 Å². The Morgan fingerprint density at radius 1 is 1.57 bits per heavy atom. The van der Waals surface area contributed by atoms with Gasteiger partial charge in [-0.25, -0.2) is 9.97 Å². The maximum atomic E-state index is 10.8. The first-order valence-corrected chi connectivity index (χ1v) is 9.61. The summed E-state index contributed by atoms with van der Waals surface area (Å²) in [6.07, 6.45) is 4.76. The van der Waals surface area contributed by atoms with Gasteiger partial charge in [0.1, 0.15) is 5.52 Å². The van der Waals surface area contributed by atoms with Crippen LogP contribution in [-0.4, -0.2) is 43.4 Å². The van der Waals surface area contributed by atoms with Crippen molar-refractivity contribution in [1.29, 1.82) is 0 Å². The molecule has 0 spiro atoms. The highest BCUT2D eigenvalue weighted by Crippen LogP contribution is 2.30. The number of aromatic nitrogens is 3. The molecule has 0 saturated heterocycles. The van der Waals surface area contributed by atoms with Crippen LogP contribution in [0, 0.1) is 0 Å². The lowest BCUT2D eigenvalue weighted by molar-refractivity contribution is -0.133. The van der Waals surface area contributed by atoms with E-state index in [0.29, 0.717) is 0 Å². The predicted molar refractivity (Wildman–Crippen MR) is 91.3 cm³/mol. The number of aliphatic carboxylic acids is 1. The van der Waals surface area contributed by atoms with E-state index >= 15 is 0 Å². The zero-order chi connectivity index (χ0) is 15.4. The van der Waals surface area contributed by atoms with Gasteiger partial charge in [-0.2, -0.15) is 11.8 Å². The fourth-order valence-electron chi connectivity index (χ4n) is 2.06. The molecule has 2 heterocycles. The van der Waals surface area contributed by atoms with Crippen molar-refractivity contribution in [2.45, 2.75) is 24.5 Å². The Morgan fingerprint density at radius 3 is 2.95 bits per heavy atom. The highest BCUT2D eigenvalue weighted by atomic mass is 79.9.